The van der Waals surface area contributed by atoms with Gasteiger partial charge in [-0.2, -0.15) is 13.2 Å². The Balaban J connectivity index is 3.09. The molecule has 1 aromatic carbocycles. The van der Waals surface area contributed by atoms with E-state index in [1.807, 2.05) is 0 Å². The van der Waals surface area contributed by atoms with Crippen molar-refractivity contribution in [3.05, 3.63) is 28.0 Å². The van der Waals surface area contributed by atoms with Gasteiger partial charge < -0.3 is 0 Å². The Hall–Kier alpha value is -0.130. The number of hydrogen-bond donors (Lipinski definition) is 0. The third kappa shape index (κ3) is 3.22. The van der Waals surface area contributed by atoms with Crippen LogP contribution in [-0.4, -0.2) is 5.51 Å². The van der Waals surface area contributed by atoms with Gasteiger partial charge in [0.25, 0.3) is 0 Å². The molecule has 0 saturated carbocycles. The summed E-state index contributed by atoms with van der Waals surface area (Å²) in [6.07, 6.45) is 0. The Bertz CT molecular complexity index is 350. The summed E-state index contributed by atoms with van der Waals surface area (Å²) in [6.45, 7) is 0. The van der Waals surface area contributed by atoms with Gasteiger partial charge in [0.1, 0.15) is 5.82 Å². The molecule has 0 N–H and O–H groups in total. The second-order valence-electron chi connectivity index (χ2n) is 2.25. The van der Waals surface area contributed by atoms with Crippen LogP contribution in [-0.2, 0) is 0 Å². The fraction of sp³-hybridized carbons (Fsp3) is 0.143. The van der Waals surface area contributed by atoms with Crippen LogP contribution in [0, 0.1) is 5.82 Å². The molecular weight excluding hydrogens is 263 g/mol. The van der Waals surface area contributed by atoms with Crippen molar-refractivity contribution >= 4 is 35.0 Å². The summed E-state index contributed by atoms with van der Waals surface area (Å²) < 4.78 is 48.6. The fourth-order valence-electron chi connectivity index (χ4n) is 0.731. The molecule has 7 heteroatoms. The van der Waals surface area contributed by atoms with Gasteiger partial charge in [-0.1, -0.05) is 23.2 Å². The highest BCUT2D eigenvalue weighted by atomic mass is 35.5. The van der Waals surface area contributed by atoms with E-state index in [9.17, 15) is 17.6 Å². The van der Waals surface area contributed by atoms with Gasteiger partial charge >= 0.3 is 5.51 Å². The van der Waals surface area contributed by atoms with E-state index >= 15 is 0 Å². The topological polar surface area (TPSA) is 0 Å². The molecule has 78 valence electrons. The predicted octanol–water partition coefficient (Wildman–Crippen LogP) is 4.74. The maximum atomic E-state index is 12.8. The first-order chi connectivity index (χ1) is 6.29. The summed E-state index contributed by atoms with van der Waals surface area (Å²) in [5, 5.41) is -0.699. The number of thioether (sulfide) groups is 1. The zero-order valence-electron chi connectivity index (χ0n) is 6.33. The molecule has 0 bridgehead atoms. The maximum Gasteiger partial charge on any atom is 0.446 e. The quantitative estimate of drug-likeness (QED) is 0.401. The molecule has 0 unspecified atom stereocenters. The van der Waals surface area contributed by atoms with Crippen molar-refractivity contribution in [3.8, 4) is 0 Å². The first kappa shape index (κ1) is 11.9. The lowest BCUT2D eigenvalue weighted by atomic mass is 10.3. The zero-order valence-corrected chi connectivity index (χ0v) is 8.66. The standard InChI is InChI=1S/C7H2Cl2F4S/c8-3-1-4(10)6(9)5(2-3)14-7(11,12)13/h1-2H. The first-order valence-electron chi connectivity index (χ1n) is 3.20. The number of alkyl halides is 3. The fourth-order valence-corrected chi connectivity index (χ4v) is 1.85. The van der Waals surface area contributed by atoms with E-state index in [1.165, 1.54) is 0 Å². The van der Waals surface area contributed by atoms with Gasteiger partial charge in [-0.15, -0.1) is 0 Å². The molecule has 0 nitrogen and oxygen atoms in total. The minimum Gasteiger partial charge on any atom is -0.205 e. The van der Waals surface area contributed by atoms with Crippen molar-refractivity contribution in [1.82, 2.24) is 0 Å². The molecule has 0 aliphatic rings. The van der Waals surface area contributed by atoms with Crippen LogP contribution in [0.3, 0.4) is 0 Å². The Morgan fingerprint density at radius 3 is 2.21 bits per heavy atom. The summed E-state index contributed by atoms with van der Waals surface area (Å²) in [5.41, 5.74) is -4.51. The average molecular weight is 265 g/mol. The SMILES string of the molecule is Fc1cc(Cl)cc(SC(F)(F)F)c1Cl. The summed E-state index contributed by atoms with van der Waals surface area (Å²) in [6, 6.07) is 1.81. The lowest BCUT2D eigenvalue weighted by Crippen LogP contribution is -1.99. The largest absolute Gasteiger partial charge is 0.446 e. The summed E-state index contributed by atoms with van der Waals surface area (Å²) in [7, 11) is 0. The summed E-state index contributed by atoms with van der Waals surface area (Å²) >= 11 is 10.2. The summed E-state index contributed by atoms with van der Waals surface area (Å²) in [4.78, 5) is -0.441. The van der Waals surface area contributed by atoms with Crippen LogP contribution in [0.4, 0.5) is 17.6 Å². The molecule has 0 atom stereocenters. The number of hydrogen-bond acceptors (Lipinski definition) is 1. The number of benzene rings is 1. The smallest absolute Gasteiger partial charge is 0.205 e. The van der Waals surface area contributed by atoms with Crippen LogP contribution in [0.15, 0.2) is 17.0 Å². The molecule has 1 aromatic rings. The van der Waals surface area contributed by atoms with Crippen LogP contribution >= 0.6 is 35.0 Å². The number of halogens is 6. The third-order valence-corrected chi connectivity index (χ3v) is 2.67. The van der Waals surface area contributed by atoms with Gasteiger partial charge in [0, 0.05) is 9.92 Å². The second-order valence-corrected chi connectivity index (χ2v) is 4.17. The van der Waals surface area contributed by atoms with Crippen molar-refractivity contribution < 1.29 is 17.6 Å². The lowest BCUT2D eigenvalue weighted by molar-refractivity contribution is -0.0328. The van der Waals surface area contributed by atoms with Crippen LogP contribution in [0.2, 0.25) is 10.0 Å². The van der Waals surface area contributed by atoms with Crippen molar-refractivity contribution in [2.45, 2.75) is 10.4 Å². The molecule has 0 spiro atoms. The molecular formula is C7H2Cl2F4S. The molecule has 0 aliphatic heterocycles. The van der Waals surface area contributed by atoms with E-state index in [4.69, 9.17) is 23.2 Å². The zero-order chi connectivity index (χ0) is 10.9. The minimum absolute atomic E-state index is 0.126. The Morgan fingerprint density at radius 2 is 1.71 bits per heavy atom. The van der Waals surface area contributed by atoms with E-state index < -0.39 is 33.0 Å². The van der Waals surface area contributed by atoms with Crippen molar-refractivity contribution in [2.24, 2.45) is 0 Å². The van der Waals surface area contributed by atoms with Gasteiger partial charge in [0.15, 0.2) is 0 Å². The van der Waals surface area contributed by atoms with E-state index in [2.05, 4.69) is 0 Å². The molecule has 0 radical (unpaired) electrons. The van der Waals surface area contributed by atoms with Crippen LogP contribution in [0.25, 0.3) is 0 Å². The van der Waals surface area contributed by atoms with Crippen LogP contribution in [0.1, 0.15) is 0 Å². The maximum absolute atomic E-state index is 12.8. The van der Waals surface area contributed by atoms with Crippen molar-refractivity contribution in [2.75, 3.05) is 0 Å². The van der Waals surface area contributed by atoms with Gasteiger partial charge in [-0.05, 0) is 23.9 Å². The molecule has 0 aromatic heterocycles. The molecule has 0 amide bonds. The summed E-state index contributed by atoms with van der Waals surface area (Å²) in [5.74, 6) is -0.967. The van der Waals surface area contributed by atoms with Crippen LogP contribution in [0.5, 0.6) is 0 Å². The highest BCUT2D eigenvalue weighted by Gasteiger charge is 2.31. The Morgan fingerprint density at radius 1 is 1.14 bits per heavy atom. The van der Waals surface area contributed by atoms with Gasteiger partial charge in [0.2, 0.25) is 0 Å². The molecule has 14 heavy (non-hydrogen) atoms. The van der Waals surface area contributed by atoms with E-state index in [-0.39, 0.29) is 5.02 Å². The molecule has 0 aliphatic carbocycles. The first-order valence-corrected chi connectivity index (χ1v) is 4.77. The Labute approximate surface area is 91.2 Å². The highest BCUT2D eigenvalue weighted by Crippen LogP contribution is 2.42. The van der Waals surface area contributed by atoms with Gasteiger partial charge in [0.05, 0.1) is 5.02 Å². The normalized spacial score (nSPS) is 11.9. The van der Waals surface area contributed by atoms with E-state index in [1.54, 1.807) is 0 Å². The third-order valence-electron chi connectivity index (χ3n) is 1.19. The van der Waals surface area contributed by atoms with Crippen molar-refractivity contribution in [1.29, 1.82) is 0 Å². The predicted molar refractivity (Wildman–Crippen MR) is 48.3 cm³/mol. The molecule has 0 saturated heterocycles. The van der Waals surface area contributed by atoms with E-state index in [0.29, 0.717) is 0 Å². The van der Waals surface area contributed by atoms with Gasteiger partial charge in [-0.25, -0.2) is 4.39 Å². The molecule has 0 fully saturated rings. The average Bonchev–Trinajstić information content (AvgIpc) is 1.96. The lowest BCUT2D eigenvalue weighted by Gasteiger charge is -2.08. The molecule has 0 heterocycles. The van der Waals surface area contributed by atoms with Crippen molar-refractivity contribution in [3.63, 3.8) is 0 Å². The Kier molecular flexibility index (Phi) is 3.55. The minimum atomic E-state index is -4.51. The van der Waals surface area contributed by atoms with Gasteiger partial charge in [-0.3, -0.25) is 0 Å². The highest BCUT2D eigenvalue weighted by molar-refractivity contribution is 8.00. The second kappa shape index (κ2) is 4.16. The monoisotopic (exact) mass is 264 g/mol. The molecule has 1 rings (SSSR count). The van der Waals surface area contributed by atoms with E-state index in [0.717, 1.165) is 12.1 Å². The van der Waals surface area contributed by atoms with Crippen LogP contribution < -0.4 is 0 Å². The number of rotatable bonds is 1.